The first-order valence-corrected chi connectivity index (χ1v) is 5.06. The van der Waals surface area contributed by atoms with Gasteiger partial charge in [-0.2, -0.15) is 5.10 Å². The van der Waals surface area contributed by atoms with E-state index in [1.165, 1.54) is 0 Å². The second-order valence-corrected chi connectivity index (χ2v) is 3.87. The second kappa shape index (κ2) is 3.95. The lowest BCUT2D eigenvalue weighted by Crippen LogP contribution is -1.89. The number of hydrogen-bond donors (Lipinski definition) is 1. The van der Waals surface area contributed by atoms with Crippen molar-refractivity contribution < 1.29 is 0 Å². The van der Waals surface area contributed by atoms with Gasteiger partial charge in [-0.25, -0.2) is 0 Å². The molecule has 1 N–H and O–H groups in total. The highest BCUT2D eigenvalue weighted by molar-refractivity contribution is 6.30. The molecular formula is C11H12ClN3. The Labute approximate surface area is 93.7 Å². The summed E-state index contributed by atoms with van der Waals surface area (Å²) in [6.45, 7) is 1.97. The molecule has 0 radical (unpaired) electrons. The van der Waals surface area contributed by atoms with E-state index in [4.69, 9.17) is 11.6 Å². The van der Waals surface area contributed by atoms with Crippen LogP contribution in [0.4, 0.5) is 11.4 Å². The molecule has 78 valence electrons. The number of rotatable bonds is 2. The normalized spacial score (nSPS) is 10.3. The van der Waals surface area contributed by atoms with E-state index in [-0.39, 0.29) is 0 Å². The number of aromatic nitrogens is 2. The highest BCUT2D eigenvalue weighted by Crippen LogP contribution is 2.21. The van der Waals surface area contributed by atoms with E-state index in [1.54, 1.807) is 4.68 Å². The van der Waals surface area contributed by atoms with Crippen LogP contribution in [0.1, 0.15) is 5.69 Å². The molecule has 0 aliphatic heterocycles. The molecule has 0 aliphatic rings. The lowest BCUT2D eigenvalue weighted by molar-refractivity contribution is 0.756. The van der Waals surface area contributed by atoms with Crippen molar-refractivity contribution in [2.24, 2.45) is 7.05 Å². The maximum Gasteiger partial charge on any atom is 0.0828 e. The summed E-state index contributed by atoms with van der Waals surface area (Å²) in [5.41, 5.74) is 2.94. The third-order valence-electron chi connectivity index (χ3n) is 2.12. The number of nitrogens with one attached hydrogen (secondary N) is 1. The van der Waals surface area contributed by atoms with Crippen LogP contribution < -0.4 is 5.32 Å². The molecule has 0 aliphatic carbocycles. The maximum atomic E-state index is 5.90. The first-order valence-electron chi connectivity index (χ1n) is 4.68. The van der Waals surface area contributed by atoms with E-state index in [1.807, 2.05) is 44.4 Å². The molecule has 2 rings (SSSR count). The van der Waals surface area contributed by atoms with Gasteiger partial charge in [0.05, 0.1) is 11.4 Å². The van der Waals surface area contributed by atoms with Crippen molar-refractivity contribution in [2.75, 3.05) is 5.32 Å². The summed E-state index contributed by atoms with van der Waals surface area (Å²) in [4.78, 5) is 0. The van der Waals surface area contributed by atoms with Gasteiger partial charge in [0.15, 0.2) is 0 Å². The van der Waals surface area contributed by atoms with Gasteiger partial charge in [-0.05, 0) is 25.1 Å². The zero-order valence-electron chi connectivity index (χ0n) is 8.66. The Morgan fingerprint density at radius 2 is 2.20 bits per heavy atom. The monoisotopic (exact) mass is 221 g/mol. The van der Waals surface area contributed by atoms with E-state index in [9.17, 15) is 0 Å². The van der Waals surface area contributed by atoms with Crippen molar-refractivity contribution >= 4 is 23.0 Å². The molecule has 0 bridgehead atoms. The Morgan fingerprint density at radius 1 is 1.40 bits per heavy atom. The van der Waals surface area contributed by atoms with Crippen LogP contribution in [-0.2, 0) is 7.05 Å². The van der Waals surface area contributed by atoms with E-state index < -0.39 is 0 Å². The minimum atomic E-state index is 0.724. The summed E-state index contributed by atoms with van der Waals surface area (Å²) in [6, 6.07) is 7.62. The SMILES string of the molecule is Cc1nn(C)cc1Nc1cccc(Cl)c1. The predicted octanol–water partition coefficient (Wildman–Crippen LogP) is 3.13. The summed E-state index contributed by atoms with van der Waals surface area (Å²) in [7, 11) is 1.90. The van der Waals surface area contributed by atoms with Crippen molar-refractivity contribution in [1.82, 2.24) is 9.78 Å². The standard InChI is InChI=1S/C11H12ClN3/c1-8-11(7-15(2)14-8)13-10-5-3-4-9(12)6-10/h3-7,13H,1-2H3. The number of benzene rings is 1. The molecule has 1 aromatic heterocycles. The number of halogens is 1. The van der Waals surface area contributed by atoms with Crippen LogP contribution >= 0.6 is 11.6 Å². The third kappa shape index (κ3) is 2.30. The fraction of sp³-hybridized carbons (Fsp3) is 0.182. The lowest BCUT2D eigenvalue weighted by Gasteiger charge is -2.04. The van der Waals surface area contributed by atoms with Gasteiger partial charge in [-0.1, -0.05) is 17.7 Å². The molecule has 15 heavy (non-hydrogen) atoms. The van der Waals surface area contributed by atoms with Crippen LogP contribution in [0.2, 0.25) is 5.02 Å². The van der Waals surface area contributed by atoms with Gasteiger partial charge in [0.2, 0.25) is 0 Å². The summed E-state index contributed by atoms with van der Waals surface area (Å²) in [5, 5.41) is 8.24. The molecule has 0 saturated heterocycles. The van der Waals surface area contributed by atoms with Crippen molar-refractivity contribution in [1.29, 1.82) is 0 Å². The minimum Gasteiger partial charge on any atom is -0.353 e. The van der Waals surface area contributed by atoms with Gasteiger partial charge in [0.1, 0.15) is 0 Å². The summed E-state index contributed by atoms with van der Waals surface area (Å²) in [6.07, 6.45) is 1.94. The Morgan fingerprint density at radius 3 is 2.80 bits per heavy atom. The van der Waals surface area contributed by atoms with E-state index in [0.29, 0.717) is 0 Å². The molecule has 0 amide bonds. The first-order chi connectivity index (χ1) is 7.15. The Balaban J connectivity index is 2.25. The van der Waals surface area contributed by atoms with Crippen molar-refractivity contribution in [3.63, 3.8) is 0 Å². The molecular weight excluding hydrogens is 210 g/mol. The summed E-state index contributed by atoms with van der Waals surface area (Å²) < 4.78 is 1.78. The maximum absolute atomic E-state index is 5.90. The highest BCUT2D eigenvalue weighted by Gasteiger charge is 2.02. The molecule has 0 saturated carbocycles. The summed E-state index contributed by atoms with van der Waals surface area (Å²) in [5.74, 6) is 0. The second-order valence-electron chi connectivity index (χ2n) is 3.44. The van der Waals surface area contributed by atoms with Crippen molar-refractivity contribution in [3.05, 3.63) is 41.2 Å². The predicted molar refractivity (Wildman–Crippen MR) is 62.7 cm³/mol. The largest absolute Gasteiger partial charge is 0.353 e. The van der Waals surface area contributed by atoms with Crippen LogP contribution in [0.5, 0.6) is 0 Å². The average Bonchev–Trinajstić information content (AvgIpc) is 2.45. The highest BCUT2D eigenvalue weighted by atomic mass is 35.5. The van der Waals surface area contributed by atoms with Gasteiger partial charge in [0.25, 0.3) is 0 Å². The van der Waals surface area contributed by atoms with Gasteiger partial charge in [-0.3, -0.25) is 4.68 Å². The van der Waals surface area contributed by atoms with Gasteiger partial charge >= 0.3 is 0 Å². The third-order valence-corrected chi connectivity index (χ3v) is 2.35. The number of hydrogen-bond acceptors (Lipinski definition) is 2. The van der Waals surface area contributed by atoms with Crippen LogP contribution in [0.25, 0.3) is 0 Å². The van der Waals surface area contributed by atoms with Crippen LogP contribution in [-0.4, -0.2) is 9.78 Å². The Hall–Kier alpha value is -1.48. The number of nitrogens with zero attached hydrogens (tertiary/aromatic N) is 2. The minimum absolute atomic E-state index is 0.724. The molecule has 3 nitrogen and oxygen atoms in total. The topological polar surface area (TPSA) is 29.9 Å². The quantitative estimate of drug-likeness (QED) is 0.845. The average molecular weight is 222 g/mol. The smallest absolute Gasteiger partial charge is 0.0828 e. The molecule has 1 aromatic carbocycles. The van der Waals surface area contributed by atoms with Gasteiger partial charge in [-0.15, -0.1) is 0 Å². The van der Waals surface area contributed by atoms with Crippen LogP contribution in [0.15, 0.2) is 30.5 Å². The molecule has 0 unspecified atom stereocenters. The molecule has 2 aromatic rings. The Bertz CT molecular complexity index is 476. The van der Waals surface area contributed by atoms with Gasteiger partial charge < -0.3 is 5.32 Å². The molecule has 4 heteroatoms. The van der Waals surface area contributed by atoms with Crippen LogP contribution in [0, 0.1) is 6.92 Å². The summed E-state index contributed by atoms with van der Waals surface area (Å²) >= 11 is 5.90. The van der Waals surface area contributed by atoms with Crippen LogP contribution in [0.3, 0.4) is 0 Å². The zero-order chi connectivity index (χ0) is 10.8. The van der Waals surface area contributed by atoms with Gasteiger partial charge in [0, 0.05) is 24.0 Å². The van der Waals surface area contributed by atoms with Crippen molar-refractivity contribution in [2.45, 2.75) is 6.92 Å². The molecule has 0 spiro atoms. The first kappa shape index (κ1) is 10.1. The van der Waals surface area contributed by atoms with E-state index >= 15 is 0 Å². The fourth-order valence-corrected chi connectivity index (χ4v) is 1.63. The Kier molecular flexibility index (Phi) is 2.64. The van der Waals surface area contributed by atoms with E-state index in [2.05, 4.69) is 10.4 Å². The fourth-order valence-electron chi connectivity index (χ4n) is 1.44. The van der Waals surface area contributed by atoms with E-state index in [0.717, 1.165) is 22.1 Å². The number of anilines is 2. The zero-order valence-corrected chi connectivity index (χ0v) is 9.42. The van der Waals surface area contributed by atoms with Crippen molar-refractivity contribution in [3.8, 4) is 0 Å². The molecule has 0 fully saturated rings. The lowest BCUT2D eigenvalue weighted by atomic mass is 10.3. The molecule has 1 heterocycles. The molecule has 0 atom stereocenters. The number of aryl methyl sites for hydroxylation is 2.